The number of carbonyl (C=O) groups is 1. The Bertz CT molecular complexity index is 437. The molecule has 20 heavy (non-hydrogen) atoms. The molecule has 0 aromatic heterocycles. The summed E-state index contributed by atoms with van der Waals surface area (Å²) in [6, 6.07) is 2.32. The lowest BCUT2D eigenvalue weighted by Gasteiger charge is -2.15. The van der Waals surface area contributed by atoms with Gasteiger partial charge in [-0.05, 0) is 0 Å². The van der Waals surface area contributed by atoms with Crippen LogP contribution in [0, 0.1) is 0 Å². The molecule has 0 saturated carbocycles. The van der Waals surface area contributed by atoms with E-state index in [9.17, 15) is 4.79 Å². The van der Waals surface area contributed by atoms with Crippen molar-refractivity contribution in [3.05, 3.63) is 12.1 Å². The van der Waals surface area contributed by atoms with E-state index in [0.717, 1.165) is 0 Å². The van der Waals surface area contributed by atoms with E-state index in [4.69, 9.17) is 29.8 Å². The third-order valence-electron chi connectivity index (χ3n) is 2.65. The predicted molar refractivity (Wildman–Crippen MR) is 71.8 cm³/mol. The molecular weight excluding hydrogens is 266 g/mol. The number of ether oxygens (including phenoxy) is 4. The summed E-state index contributed by atoms with van der Waals surface area (Å²) in [5.74, 6) is 0.814. The summed E-state index contributed by atoms with van der Waals surface area (Å²) in [5.41, 5.74) is 5.39. The number of carboxylic acids is 1. The molecule has 0 aliphatic heterocycles. The van der Waals surface area contributed by atoms with Gasteiger partial charge >= 0.3 is 5.97 Å². The highest BCUT2D eigenvalue weighted by Crippen LogP contribution is 2.40. The van der Waals surface area contributed by atoms with Crippen molar-refractivity contribution < 1.29 is 28.8 Å². The van der Waals surface area contributed by atoms with Crippen molar-refractivity contribution in [2.75, 3.05) is 27.9 Å². The summed E-state index contributed by atoms with van der Waals surface area (Å²) in [7, 11) is 4.51. The lowest BCUT2D eigenvalue weighted by atomic mass is 10.2. The van der Waals surface area contributed by atoms with E-state index < -0.39 is 12.0 Å². The average molecular weight is 285 g/mol. The summed E-state index contributed by atoms with van der Waals surface area (Å²) < 4.78 is 21.0. The van der Waals surface area contributed by atoms with E-state index in [1.165, 1.54) is 21.3 Å². The minimum Gasteiger partial charge on any atom is -0.493 e. The quantitative estimate of drug-likeness (QED) is 0.731. The molecule has 0 heterocycles. The Morgan fingerprint density at radius 3 is 2.15 bits per heavy atom. The standard InChI is InChI=1S/C13H19NO6/c1-17-10-6-8(7-11(18-2)12(10)19-3)20-5-4-9(14)13(15)16/h6-7,9H,4-5,14H2,1-3H3,(H,15,16). The van der Waals surface area contributed by atoms with E-state index in [-0.39, 0.29) is 13.0 Å². The minimum absolute atomic E-state index is 0.173. The van der Waals surface area contributed by atoms with Crippen LogP contribution in [0.4, 0.5) is 0 Å². The molecule has 0 spiro atoms. The van der Waals surface area contributed by atoms with Crippen molar-refractivity contribution in [3.63, 3.8) is 0 Å². The maximum absolute atomic E-state index is 10.6. The fourth-order valence-corrected chi connectivity index (χ4v) is 1.57. The van der Waals surface area contributed by atoms with Gasteiger partial charge in [-0.15, -0.1) is 0 Å². The van der Waals surface area contributed by atoms with Gasteiger partial charge < -0.3 is 29.8 Å². The Hall–Kier alpha value is -2.15. The first-order valence-corrected chi connectivity index (χ1v) is 5.94. The molecule has 112 valence electrons. The van der Waals surface area contributed by atoms with Crippen molar-refractivity contribution in [3.8, 4) is 23.0 Å². The molecule has 0 amide bonds. The summed E-state index contributed by atoms with van der Waals surface area (Å²) in [6.45, 7) is 0.173. The Morgan fingerprint density at radius 1 is 1.20 bits per heavy atom. The van der Waals surface area contributed by atoms with Crippen LogP contribution in [0.25, 0.3) is 0 Å². The van der Waals surface area contributed by atoms with Gasteiger partial charge in [-0.25, -0.2) is 0 Å². The molecule has 1 aromatic carbocycles. The van der Waals surface area contributed by atoms with Crippen LogP contribution in [-0.4, -0.2) is 45.1 Å². The van der Waals surface area contributed by atoms with Gasteiger partial charge in [-0.3, -0.25) is 4.79 Å². The molecule has 0 aliphatic carbocycles. The van der Waals surface area contributed by atoms with Crippen LogP contribution >= 0.6 is 0 Å². The molecule has 1 unspecified atom stereocenters. The van der Waals surface area contributed by atoms with Crippen LogP contribution in [-0.2, 0) is 4.79 Å². The number of hydrogen-bond donors (Lipinski definition) is 2. The molecular formula is C13H19NO6. The van der Waals surface area contributed by atoms with Crippen molar-refractivity contribution in [2.24, 2.45) is 5.73 Å². The topological polar surface area (TPSA) is 100 Å². The van der Waals surface area contributed by atoms with Gasteiger partial charge in [0.05, 0.1) is 27.9 Å². The largest absolute Gasteiger partial charge is 0.493 e. The number of aliphatic carboxylic acids is 1. The lowest BCUT2D eigenvalue weighted by molar-refractivity contribution is -0.138. The summed E-state index contributed by atoms with van der Waals surface area (Å²) in [6.07, 6.45) is 0.200. The number of benzene rings is 1. The second-order valence-corrected chi connectivity index (χ2v) is 3.94. The van der Waals surface area contributed by atoms with Crippen LogP contribution in [0.3, 0.4) is 0 Å². The zero-order valence-electron chi connectivity index (χ0n) is 11.7. The third kappa shape index (κ3) is 3.92. The average Bonchev–Trinajstić information content (AvgIpc) is 2.45. The van der Waals surface area contributed by atoms with Crippen molar-refractivity contribution in [2.45, 2.75) is 12.5 Å². The maximum atomic E-state index is 10.6. The van der Waals surface area contributed by atoms with Crippen molar-refractivity contribution in [1.82, 2.24) is 0 Å². The summed E-state index contributed by atoms with van der Waals surface area (Å²) in [4.78, 5) is 10.6. The number of hydrogen-bond acceptors (Lipinski definition) is 6. The van der Waals surface area contributed by atoms with Crippen LogP contribution in [0.1, 0.15) is 6.42 Å². The Morgan fingerprint density at radius 2 is 1.75 bits per heavy atom. The fraction of sp³-hybridized carbons (Fsp3) is 0.462. The van der Waals surface area contributed by atoms with Gasteiger partial charge in [0.2, 0.25) is 5.75 Å². The highest BCUT2D eigenvalue weighted by atomic mass is 16.5. The number of methoxy groups -OCH3 is 3. The van der Waals surface area contributed by atoms with Gasteiger partial charge in [0, 0.05) is 18.6 Å². The molecule has 7 heteroatoms. The number of rotatable bonds is 8. The molecule has 0 radical (unpaired) electrons. The monoisotopic (exact) mass is 285 g/mol. The number of nitrogens with two attached hydrogens (primary N) is 1. The zero-order chi connectivity index (χ0) is 15.1. The summed E-state index contributed by atoms with van der Waals surface area (Å²) >= 11 is 0. The molecule has 0 aliphatic rings. The predicted octanol–water partition coefficient (Wildman–Crippen LogP) is 0.893. The van der Waals surface area contributed by atoms with Gasteiger partial charge in [-0.1, -0.05) is 0 Å². The molecule has 1 aromatic rings. The minimum atomic E-state index is -1.06. The van der Waals surface area contributed by atoms with Crippen molar-refractivity contribution in [1.29, 1.82) is 0 Å². The Balaban J connectivity index is 2.78. The number of carboxylic acid groups (broad SMARTS) is 1. The SMILES string of the molecule is COc1cc(OCCC(N)C(=O)O)cc(OC)c1OC. The Labute approximate surface area is 117 Å². The van der Waals surface area contributed by atoms with E-state index in [1.54, 1.807) is 12.1 Å². The normalized spacial score (nSPS) is 11.6. The first kappa shape index (κ1) is 15.9. The van der Waals surface area contributed by atoms with Crippen molar-refractivity contribution >= 4 is 5.97 Å². The van der Waals surface area contributed by atoms with Crippen LogP contribution < -0.4 is 24.7 Å². The van der Waals surface area contributed by atoms with E-state index >= 15 is 0 Å². The van der Waals surface area contributed by atoms with Gasteiger partial charge in [-0.2, -0.15) is 0 Å². The molecule has 3 N–H and O–H groups in total. The van der Waals surface area contributed by atoms with E-state index in [0.29, 0.717) is 23.0 Å². The van der Waals surface area contributed by atoms with E-state index in [2.05, 4.69) is 0 Å². The first-order chi connectivity index (χ1) is 9.53. The van der Waals surface area contributed by atoms with Gasteiger partial charge in [0.15, 0.2) is 11.5 Å². The smallest absolute Gasteiger partial charge is 0.320 e. The van der Waals surface area contributed by atoms with Crippen LogP contribution in [0.2, 0.25) is 0 Å². The Kier molecular flexibility index (Phi) is 5.92. The molecule has 7 nitrogen and oxygen atoms in total. The lowest BCUT2D eigenvalue weighted by Crippen LogP contribution is -2.31. The third-order valence-corrected chi connectivity index (χ3v) is 2.65. The molecule has 0 saturated heterocycles. The van der Waals surface area contributed by atoms with Gasteiger partial charge in [0.1, 0.15) is 11.8 Å². The maximum Gasteiger partial charge on any atom is 0.320 e. The second-order valence-electron chi connectivity index (χ2n) is 3.94. The molecule has 1 atom stereocenters. The van der Waals surface area contributed by atoms with Crippen LogP contribution in [0.15, 0.2) is 12.1 Å². The molecule has 0 bridgehead atoms. The van der Waals surface area contributed by atoms with E-state index in [1.807, 2.05) is 0 Å². The highest BCUT2D eigenvalue weighted by molar-refractivity contribution is 5.72. The van der Waals surface area contributed by atoms with Crippen LogP contribution in [0.5, 0.6) is 23.0 Å². The second kappa shape index (κ2) is 7.44. The highest BCUT2D eigenvalue weighted by Gasteiger charge is 2.15. The zero-order valence-corrected chi connectivity index (χ0v) is 11.7. The van der Waals surface area contributed by atoms with Gasteiger partial charge in [0.25, 0.3) is 0 Å². The fourth-order valence-electron chi connectivity index (χ4n) is 1.57. The summed E-state index contributed by atoms with van der Waals surface area (Å²) in [5, 5.41) is 8.67. The first-order valence-electron chi connectivity index (χ1n) is 5.94. The molecule has 1 rings (SSSR count). The molecule has 0 fully saturated rings.